The minimum atomic E-state index is -2.92. The summed E-state index contributed by atoms with van der Waals surface area (Å²) < 4.78 is 22.1. The van der Waals surface area contributed by atoms with Gasteiger partial charge in [-0.05, 0) is 43.0 Å². The second-order valence-corrected chi connectivity index (χ2v) is 7.25. The highest BCUT2D eigenvalue weighted by Crippen LogP contribution is 2.23. The molecule has 0 aliphatic heterocycles. The Labute approximate surface area is 113 Å². The van der Waals surface area contributed by atoms with Crippen molar-refractivity contribution < 1.29 is 8.42 Å². The van der Waals surface area contributed by atoms with Gasteiger partial charge in [-0.25, -0.2) is 8.42 Å². The Morgan fingerprint density at radius 3 is 2.56 bits per heavy atom. The topological polar surface area (TPSA) is 72.2 Å². The Morgan fingerprint density at radius 1 is 1.39 bits per heavy atom. The Balaban J connectivity index is 2.71. The van der Waals surface area contributed by atoms with Gasteiger partial charge in [0.25, 0.3) is 0 Å². The zero-order chi connectivity index (χ0) is 13.8. The third-order valence-corrected chi connectivity index (χ3v) is 3.92. The van der Waals surface area contributed by atoms with Crippen LogP contribution in [0.15, 0.2) is 18.2 Å². The van der Waals surface area contributed by atoms with Gasteiger partial charge in [-0.1, -0.05) is 17.7 Å². The molecule has 6 heteroatoms. The third-order valence-electron chi connectivity index (χ3n) is 2.68. The number of hydrogen-bond acceptors (Lipinski definition) is 4. The number of rotatable bonds is 6. The fourth-order valence-corrected chi connectivity index (χ4v) is 2.85. The van der Waals surface area contributed by atoms with Crippen molar-refractivity contribution >= 4 is 21.4 Å². The molecule has 102 valence electrons. The Hall–Kier alpha value is -0.620. The van der Waals surface area contributed by atoms with Gasteiger partial charge in [0.05, 0.1) is 0 Å². The smallest absolute Gasteiger partial charge is 0.147 e. The predicted molar refractivity (Wildman–Crippen MR) is 75.2 cm³/mol. The largest absolute Gasteiger partial charge is 0.271 e. The van der Waals surface area contributed by atoms with E-state index < -0.39 is 9.84 Å². The Bertz CT molecular complexity index is 483. The van der Waals surface area contributed by atoms with Gasteiger partial charge in [0, 0.05) is 23.1 Å². The Kier molecular flexibility index (Phi) is 5.59. The molecule has 0 spiro atoms. The van der Waals surface area contributed by atoms with E-state index in [4.69, 9.17) is 17.4 Å². The summed E-state index contributed by atoms with van der Waals surface area (Å²) in [6.45, 7) is 1.96. The van der Waals surface area contributed by atoms with Crippen LogP contribution in [0.2, 0.25) is 5.02 Å². The van der Waals surface area contributed by atoms with Crippen molar-refractivity contribution in [3.8, 4) is 0 Å². The van der Waals surface area contributed by atoms with Crippen LogP contribution in [0.1, 0.15) is 30.0 Å². The maximum atomic E-state index is 11.1. The van der Waals surface area contributed by atoms with E-state index in [1.54, 1.807) is 0 Å². The van der Waals surface area contributed by atoms with Crippen LogP contribution in [-0.2, 0) is 9.84 Å². The molecule has 1 atom stereocenters. The molecule has 3 N–H and O–H groups in total. The van der Waals surface area contributed by atoms with Gasteiger partial charge < -0.3 is 0 Å². The highest BCUT2D eigenvalue weighted by molar-refractivity contribution is 7.90. The predicted octanol–water partition coefficient (Wildman–Crippen LogP) is 1.98. The number of benzene rings is 1. The first-order chi connectivity index (χ1) is 8.31. The lowest BCUT2D eigenvalue weighted by molar-refractivity contribution is 0.507. The normalized spacial score (nSPS) is 13.6. The summed E-state index contributed by atoms with van der Waals surface area (Å²) in [6, 6.07) is 5.63. The molecule has 0 aromatic heterocycles. The van der Waals surface area contributed by atoms with E-state index >= 15 is 0 Å². The zero-order valence-corrected chi connectivity index (χ0v) is 12.2. The van der Waals surface area contributed by atoms with Crippen molar-refractivity contribution in [3.63, 3.8) is 0 Å². The highest BCUT2D eigenvalue weighted by Gasteiger charge is 2.12. The van der Waals surface area contributed by atoms with Crippen LogP contribution in [0.3, 0.4) is 0 Å². The summed E-state index contributed by atoms with van der Waals surface area (Å²) in [5.74, 6) is 5.68. The number of sulfone groups is 1. The molecule has 0 heterocycles. The zero-order valence-electron chi connectivity index (χ0n) is 10.6. The van der Waals surface area contributed by atoms with E-state index in [2.05, 4.69) is 5.43 Å². The molecule has 1 unspecified atom stereocenters. The molecule has 1 aromatic rings. The fraction of sp³-hybridized carbons (Fsp3) is 0.500. The van der Waals surface area contributed by atoms with Gasteiger partial charge in [0.2, 0.25) is 0 Å². The molecule has 0 radical (unpaired) electrons. The molecule has 0 saturated heterocycles. The SMILES string of the molecule is Cc1cc(Cl)cc(C(CCCS(C)(=O)=O)NN)c1. The summed E-state index contributed by atoms with van der Waals surface area (Å²) in [4.78, 5) is 0. The summed E-state index contributed by atoms with van der Waals surface area (Å²) in [5.41, 5.74) is 4.74. The summed E-state index contributed by atoms with van der Waals surface area (Å²) in [7, 11) is -2.92. The average molecular weight is 291 g/mol. The molecule has 0 saturated carbocycles. The lowest BCUT2D eigenvalue weighted by atomic mass is 10.0. The van der Waals surface area contributed by atoms with Crippen LogP contribution in [0.4, 0.5) is 0 Å². The number of nitrogens with two attached hydrogens (primary N) is 1. The van der Waals surface area contributed by atoms with E-state index in [0.29, 0.717) is 17.9 Å². The van der Waals surface area contributed by atoms with Crippen LogP contribution in [0.25, 0.3) is 0 Å². The van der Waals surface area contributed by atoms with Crippen molar-refractivity contribution in [2.45, 2.75) is 25.8 Å². The fourth-order valence-electron chi connectivity index (χ4n) is 1.86. The molecule has 18 heavy (non-hydrogen) atoms. The molecule has 1 aromatic carbocycles. The average Bonchev–Trinajstić information content (AvgIpc) is 2.21. The number of nitrogens with one attached hydrogen (secondary N) is 1. The lowest BCUT2D eigenvalue weighted by Crippen LogP contribution is -2.28. The van der Waals surface area contributed by atoms with Crippen molar-refractivity contribution in [2.24, 2.45) is 5.84 Å². The molecular formula is C12H19ClN2O2S. The van der Waals surface area contributed by atoms with Gasteiger partial charge in [-0.2, -0.15) is 0 Å². The molecule has 1 rings (SSSR count). The lowest BCUT2D eigenvalue weighted by Gasteiger charge is -2.17. The van der Waals surface area contributed by atoms with Crippen LogP contribution >= 0.6 is 11.6 Å². The minimum Gasteiger partial charge on any atom is -0.271 e. The van der Waals surface area contributed by atoms with Gasteiger partial charge in [-0.3, -0.25) is 11.3 Å². The minimum absolute atomic E-state index is 0.0795. The number of halogens is 1. The highest BCUT2D eigenvalue weighted by atomic mass is 35.5. The van der Waals surface area contributed by atoms with Crippen molar-refractivity contribution in [3.05, 3.63) is 34.3 Å². The van der Waals surface area contributed by atoms with Gasteiger partial charge in [0.15, 0.2) is 0 Å². The monoisotopic (exact) mass is 290 g/mol. The molecular weight excluding hydrogens is 272 g/mol. The molecule has 0 aliphatic rings. The van der Waals surface area contributed by atoms with Crippen molar-refractivity contribution in [1.82, 2.24) is 5.43 Å². The van der Waals surface area contributed by atoms with E-state index in [1.165, 1.54) is 6.26 Å². The molecule has 4 nitrogen and oxygen atoms in total. The number of hydrogen-bond donors (Lipinski definition) is 2. The standard InChI is InChI=1S/C12H19ClN2O2S/c1-9-6-10(8-11(13)7-9)12(15-14)4-3-5-18(2,16)17/h6-8,12,15H,3-5,14H2,1-2H3. The van der Waals surface area contributed by atoms with Gasteiger partial charge >= 0.3 is 0 Å². The van der Waals surface area contributed by atoms with Crippen molar-refractivity contribution in [2.75, 3.05) is 12.0 Å². The summed E-state index contributed by atoms with van der Waals surface area (Å²) in [6.07, 6.45) is 2.46. The molecule has 0 fully saturated rings. The van der Waals surface area contributed by atoms with E-state index in [-0.39, 0.29) is 11.8 Å². The maximum absolute atomic E-state index is 11.1. The van der Waals surface area contributed by atoms with E-state index in [9.17, 15) is 8.42 Å². The van der Waals surface area contributed by atoms with E-state index in [1.807, 2.05) is 25.1 Å². The number of hydrazine groups is 1. The van der Waals surface area contributed by atoms with Crippen molar-refractivity contribution in [1.29, 1.82) is 0 Å². The first-order valence-corrected chi connectivity index (χ1v) is 8.16. The number of aryl methyl sites for hydroxylation is 1. The third kappa shape index (κ3) is 5.35. The van der Waals surface area contributed by atoms with Gasteiger partial charge in [0.1, 0.15) is 9.84 Å². The second-order valence-electron chi connectivity index (χ2n) is 4.55. The van der Waals surface area contributed by atoms with Crippen LogP contribution in [0.5, 0.6) is 0 Å². The first kappa shape index (κ1) is 15.4. The van der Waals surface area contributed by atoms with Crippen LogP contribution in [0, 0.1) is 6.92 Å². The molecule has 0 amide bonds. The quantitative estimate of drug-likeness (QED) is 0.621. The first-order valence-electron chi connectivity index (χ1n) is 5.73. The van der Waals surface area contributed by atoms with Crippen LogP contribution < -0.4 is 11.3 Å². The summed E-state index contributed by atoms with van der Waals surface area (Å²) in [5, 5.41) is 0.661. The van der Waals surface area contributed by atoms with Gasteiger partial charge in [-0.15, -0.1) is 0 Å². The molecule has 0 bridgehead atoms. The van der Waals surface area contributed by atoms with E-state index in [0.717, 1.165) is 11.1 Å². The summed E-state index contributed by atoms with van der Waals surface area (Å²) >= 11 is 5.99. The molecule has 0 aliphatic carbocycles. The maximum Gasteiger partial charge on any atom is 0.147 e. The second kappa shape index (κ2) is 6.52. The van der Waals surface area contributed by atoms with Crippen LogP contribution in [-0.4, -0.2) is 20.4 Å². The Morgan fingerprint density at radius 2 is 2.06 bits per heavy atom.